The summed E-state index contributed by atoms with van der Waals surface area (Å²) >= 11 is 0. The highest BCUT2D eigenvalue weighted by Gasteiger charge is 2.37. The van der Waals surface area contributed by atoms with Gasteiger partial charge >= 0.3 is 5.97 Å². The number of nitrogens with zero attached hydrogens (tertiary/aromatic N) is 1. The van der Waals surface area contributed by atoms with Gasteiger partial charge in [-0.2, -0.15) is 0 Å². The van der Waals surface area contributed by atoms with Gasteiger partial charge in [0.1, 0.15) is 17.6 Å². The van der Waals surface area contributed by atoms with E-state index in [1.54, 1.807) is 29.2 Å². The molecule has 7 nitrogen and oxygen atoms in total. The summed E-state index contributed by atoms with van der Waals surface area (Å²) in [7, 11) is 0. The number of carbonyl (C=O) groups is 2. The van der Waals surface area contributed by atoms with E-state index in [1.165, 1.54) is 12.5 Å². The van der Waals surface area contributed by atoms with Crippen molar-refractivity contribution < 1.29 is 28.3 Å². The van der Waals surface area contributed by atoms with Crippen LogP contribution in [0.4, 0.5) is 0 Å². The summed E-state index contributed by atoms with van der Waals surface area (Å²) in [4.78, 5) is 25.2. The van der Waals surface area contributed by atoms with Crippen molar-refractivity contribution in [3.63, 3.8) is 0 Å². The second kappa shape index (κ2) is 6.70. The summed E-state index contributed by atoms with van der Waals surface area (Å²) in [6.45, 7) is 0.536. The number of carboxylic acid groups (broad SMARTS) is 1. The second-order valence-corrected chi connectivity index (χ2v) is 5.38. The number of aliphatic carboxylic acids is 1. The van der Waals surface area contributed by atoms with Gasteiger partial charge in [-0.1, -0.05) is 0 Å². The Morgan fingerprint density at radius 1 is 1.04 bits per heavy atom. The molecule has 1 aliphatic heterocycles. The third-order valence-electron chi connectivity index (χ3n) is 3.74. The SMILES string of the molecule is O=C(O)[C@H]1CC[C@@H](C(=O)N(Cc2ccco2)Cc2ccco2)O1. The molecule has 1 amide bonds. The third-order valence-corrected chi connectivity index (χ3v) is 3.74. The Morgan fingerprint density at radius 2 is 1.61 bits per heavy atom. The van der Waals surface area contributed by atoms with E-state index in [1.807, 2.05) is 0 Å². The summed E-state index contributed by atoms with van der Waals surface area (Å²) in [5.74, 6) is -0.0270. The smallest absolute Gasteiger partial charge is 0.332 e. The van der Waals surface area contributed by atoms with Crippen LogP contribution in [0.25, 0.3) is 0 Å². The average Bonchev–Trinajstić information content (AvgIpc) is 3.28. The second-order valence-electron chi connectivity index (χ2n) is 5.38. The minimum absolute atomic E-state index is 0.262. The van der Waals surface area contributed by atoms with E-state index < -0.39 is 18.2 Å². The molecule has 7 heteroatoms. The molecule has 3 heterocycles. The van der Waals surface area contributed by atoms with Crippen LogP contribution in [0.2, 0.25) is 0 Å². The largest absolute Gasteiger partial charge is 0.479 e. The van der Waals surface area contributed by atoms with Crippen molar-refractivity contribution in [3.05, 3.63) is 48.3 Å². The molecule has 2 atom stereocenters. The molecule has 23 heavy (non-hydrogen) atoms. The highest BCUT2D eigenvalue weighted by Crippen LogP contribution is 2.23. The maximum Gasteiger partial charge on any atom is 0.332 e. The van der Waals surface area contributed by atoms with E-state index >= 15 is 0 Å². The molecule has 122 valence electrons. The number of amides is 1. The molecule has 0 radical (unpaired) electrons. The van der Waals surface area contributed by atoms with Crippen LogP contribution in [0, 0.1) is 0 Å². The molecule has 0 unspecified atom stereocenters. The number of ether oxygens (including phenoxy) is 1. The Hall–Kier alpha value is -2.54. The van der Waals surface area contributed by atoms with Gasteiger partial charge in [0.25, 0.3) is 5.91 Å². The lowest BCUT2D eigenvalue weighted by molar-refractivity contribution is -0.155. The zero-order valence-electron chi connectivity index (χ0n) is 12.4. The van der Waals surface area contributed by atoms with Crippen LogP contribution in [0.5, 0.6) is 0 Å². The van der Waals surface area contributed by atoms with Crippen molar-refractivity contribution in [3.8, 4) is 0 Å². The third kappa shape index (κ3) is 3.62. The standard InChI is InChI=1S/C16H17NO6/c18-15(13-5-6-14(23-13)16(19)20)17(9-11-3-1-7-21-11)10-12-4-2-8-22-12/h1-4,7-8,13-14H,5-6,9-10H2,(H,19,20)/t13-,14+/m0/s1. The summed E-state index contributed by atoms with van der Waals surface area (Å²) in [6.07, 6.45) is 2.14. The van der Waals surface area contributed by atoms with E-state index in [-0.39, 0.29) is 19.0 Å². The van der Waals surface area contributed by atoms with Gasteiger partial charge in [-0.05, 0) is 37.1 Å². The summed E-state index contributed by atoms with van der Waals surface area (Å²) < 4.78 is 15.9. The average molecular weight is 319 g/mol. The first kappa shape index (κ1) is 15.4. The lowest BCUT2D eigenvalue weighted by Gasteiger charge is -2.23. The van der Waals surface area contributed by atoms with Gasteiger partial charge in [0, 0.05) is 0 Å². The number of hydrogen-bond acceptors (Lipinski definition) is 5. The number of carboxylic acids is 1. The molecular formula is C16H17NO6. The summed E-state index contributed by atoms with van der Waals surface area (Å²) in [5, 5.41) is 8.99. The Bertz CT molecular complexity index is 612. The maximum absolute atomic E-state index is 12.7. The molecule has 0 spiro atoms. The zero-order valence-corrected chi connectivity index (χ0v) is 12.4. The first-order valence-corrected chi connectivity index (χ1v) is 7.35. The Labute approximate surface area is 132 Å². The molecule has 1 saturated heterocycles. The first-order valence-electron chi connectivity index (χ1n) is 7.35. The van der Waals surface area contributed by atoms with Gasteiger partial charge in [0.15, 0.2) is 6.10 Å². The summed E-state index contributed by atoms with van der Waals surface area (Å²) in [6, 6.07) is 7.05. The highest BCUT2D eigenvalue weighted by atomic mass is 16.5. The fraction of sp³-hybridized carbons (Fsp3) is 0.375. The van der Waals surface area contributed by atoms with Crippen molar-refractivity contribution in [2.24, 2.45) is 0 Å². The molecule has 1 N–H and O–H groups in total. The van der Waals surface area contributed by atoms with Crippen molar-refractivity contribution in [1.82, 2.24) is 4.90 Å². The maximum atomic E-state index is 12.7. The fourth-order valence-electron chi connectivity index (χ4n) is 2.60. The molecule has 1 fully saturated rings. The predicted octanol–water partition coefficient (Wildman–Crippen LogP) is 2.03. The van der Waals surface area contributed by atoms with Crippen molar-refractivity contribution in [1.29, 1.82) is 0 Å². The molecule has 2 aromatic heterocycles. The summed E-state index contributed by atoms with van der Waals surface area (Å²) in [5.41, 5.74) is 0. The fourth-order valence-corrected chi connectivity index (χ4v) is 2.60. The van der Waals surface area contributed by atoms with Crippen LogP contribution in [-0.4, -0.2) is 34.1 Å². The number of carbonyl (C=O) groups excluding carboxylic acids is 1. The van der Waals surface area contributed by atoms with Crippen LogP contribution in [0.3, 0.4) is 0 Å². The number of hydrogen-bond donors (Lipinski definition) is 1. The van der Waals surface area contributed by atoms with Crippen molar-refractivity contribution >= 4 is 11.9 Å². The van der Waals surface area contributed by atoms with Crippen LogP contribution < -0.4 is 0 Å². The lowest BCUT2D eigenvalue weighted by Crippen LogP contribution is -2.38. The Balaban J connectivity index is 1.71. The molecule has 1 aliphatic rings. The van der Waals surface area contributed by atoms with E-state index in [4.69, 9.17) is 18.7 Å². The number of rotatable bonds is 6. The van der Waals surface area contributed by atoms with Gasteiger partial charge in [0.2, 0.25) is 0 Å². The Morgan fingerprint density at radius 3 is 2.04 bits per heavy atom. The van der Waals surface area contributed by atoms with Gasteiger partial charge in [0.05, 0.1) is 25.6 Å². The molecule has 0 aromatic carbocycles. The van der Waals surface area contributed by atoms with Crippen molar-refractivity contribution in [2.75, 3.05) is 0 Å². The normalized spacial score (nSPS) is 20.5. The minimum atomic E-state index is -1.04. The van der Waals surface area contributed by atoms with Crippen molar-refractivity contribution in [2.45, 2.75) is 38.1 Å². The number of furan rings is 2. The van der Waals surface area contributed by atoms with E-state index in [0.717, 1.165) is 0 Å². The zero-order chi connectivity index (χ0) is 16.2. The molecular weight excluding hydrogens is 302 g/mol. The van der Waals surface area contributed by atoms with E-state index in [9.17, 15) is 9.59 Å². The van der Waals surface area contributed by atoms with Gasteiger partial charge in [-0.15, -0.1) is 0 Å². The van der Waals surface area contributed by atoms with Crippen LogP contribution in [0.15, 0.2) is 45.6 Å². The van der Waals surface area contributed by atoms with E-state index in [2.05, 4.69) is 0 Å². The topological polar surface area (TPSA) is 93.1 Å². The Kier molecular flexibility index (Phi) is 4.47. The van der Waals surface area contributed by atoms with Gasteiger partial charge in [-0.25, -0.2) is 4.79 Å². The lowest BCUT2D eigenvalue weighted by atomic mass is 10.1. The van der Waals surface area contributed by atoms with Crippen LogP contribution in [0.1, 0.15) is 24.4 Å². The molecule has 0 saturated carbocycles. The quantitative estimate of drug-likeness (QED) is 0.875. The minimum Gasteiger partial charge on any atom is -0.479 e. The molecule has 3 rings (SSSR count). The molecule has 0 bridgehead atoms. The van der Waals surface area contributed by atoms with Gasteiger partial charge in [-0.3, -0.25) is 4.79 Å². The van der Waals surface area contributed by atoms with E-state index in [0.29, 0.717) is 24.4 Å². The monoisotopic (exact) mass is 319 g/mol. The van der Waals surface area contributed by atoms with Crippen LogP contribution in [-0.2, 0) is 27.4 Å². The highest BCUT2D eigenvalue weighted by molar-refractivity contribution is 5.82. The molecule has 2 aromatic rings. The van der Waals surface area contributed by atoms with Crippen LogP contribution >= 0.6 is 0 Å². The predicted molar refractivity (Wildman–Crippen MR) is 77.2 cm³/mol. The molecule has 0 aliphatic carbocycles. The first-order chi connectivity index (χ1) is 11.1. The van der Waals surface area contributed by atoms with Gasteiger partial charge < -0.3 is 23.6 Å².